The monoisotopic (exact) mass is 307 g/mol. The van der Waals surface area contributed by atoms with E-state index in [1.807, 2.05) is 7.05 Å². The van der Waals surface area contributed by atoms with E-state index in [1.165, 1.54) is 12.0 Å². The Labute approximate surface area is 131 Å². The van der Waals surface area contributed by atoms with Crippen molar-refractivity contribution in [3.63, 3.8) is 0 Å². The number of aromatic nitrogens is 2. The molecule has 0 spiro atoms. The lowest BCUT2D eigenvalue weighted by atomic mass is 10.1. The van der Waals surface area contributed by atoms with Gasteiger partial charge in [0.2, 0.25) is 0 Å². The first-order valence-electron chi connectivity index (χ1n) is 8.24. The van der Waals surface area contributed by atoms with Gasteiger partial charge in [-0.25, -0.2) is 0 Å². The van der Waals surface area contributed by atoms with Crippen LogP contribution in [0.4, 0.5) is 5.82 Å². The van der Waals surface area contributed by atoms with Gasteiger partial charge in [-0.05, 0) is 45.4 Å². The maximum absolute atomic E-state index is 12.3. The summed E-state index contributed by atoms with van der Waals surface area (Å²) in [4.78, 5) is 12.3. The van der Waals surface area contributed by atoms with E-state index >= 15 is 0 Å². The number of nitrogens with zero attached hydrogens (tertiary/aromatic N) is 2. The topological polar surface area (TPSA) is 65.4 Å². The minimum atomic E-state index is -0.488. The van der Waals surface area contributed by atoms with Gasteiger partial charge >= 0.3 is 0 Å². The van der Waals surface area contributed by atoms with E-state index in [2.05, 4.69) is 10.4 Å². The molecule has 1 aliphatic heterocycles. The summed E-state index contributed by atoms with van der Waals surface area (Å²) in [6, 6.07) is 0. The Bertz CT molecular complexity index is 535. The largest absolute Gasteiger partial charge is 0.376 e. The van der Waals surface area contributed by atoms with Gasteiger partial charge in [-0.1, -0.05) is 0 Å². The Balaban J connectivity index is 1.53. The molecule has 22 heavy (non-hydrogen) atoms. The van der Waals surface area contributed by atoms with Gasteiger partial charge in [-0.2, -0.15) is 5.10 Å². The lowest BCUT2D eigenvalue weighted by molar-refractivity contribution is -0.130. The van der Waals surface area contributed by atoms with Gasteiger partial charge in [0.25, 0.3) is 5.91 Å². The molecule has 0 unspecified atom stereocenters. The molecule has 2 heterocycles. The van der Waals surface area contributed by atoms with Crippen LogP contribution in [0.15, 0.2) is 0 Å². The molecule has 1 fully saturated rings. The number of ether oxygens (including phenoxy) is 2. The smallest absolute Gasteiger partial charge is 0.254 e. The molecule has 1 N–H and O–H groups in total. The highest BCUT2D eigenvalue weighted by Crippen LogP contribution is 2.28. The van der Waals surface area contributed by atoms with Crippen LogP contribution < -0.4 is 5.32 Å². The molecule has 0 saturated carbocycles. The molecule has 1 aliphatic carbocycles. The molecule has 6 nitrogen and oxygen atoms in total. The lowest BCUT2D eigenvalue weighted by Gasteiger charge is -2.24. The molecule has 1 amide bonds. The predicted molar refractivity (Wildman–Crippen MR) is 82.9 cm³/mol. The normalized spacial score (nSPS) is 22.4. The van der Waals surface area contributed by atoms with Crippen molar-refractivity contribution in [2.24, 2.45) is 7.05 Å². The Morgan fingerprint density at radius 1 is 1.45 bits per heavy atom. The predicted octanol–water partition coefficient (Wildman–Crippen LogP) is 1.82. The molecule has 0 aromatic carbocycles. The SMILES string of the molecule is C[C@@H](OC[C@H]1CCCCO1)C(=O)Nc1c2c(nn1C)CCC2. The Kier molecular flexibility index (Phi) is 4.78. The fourth-order valence-electron chi connectivity index (χ4n) is 3.16. The summed E-state index contributed by atoms with van der Waals surface area (Å²) in [6.07, 6.45) is 6.07. The second-order valence-electron chi connectivity index (χ2n) is 6.20. The van der Waals surface area contributed by atoms with Crippen LogP contribution in [0.5, 0.6) is 0 Å². The van der Waals surface area contributed by atoms with Crippen molar-refractivity contribution < 1.29 is 14.3 Å². The Morgan fingerprint density at radius 2 is 2.32 bits per heavy atom. The van der Waals surface area contributed by atoms with Crippen molar-refractivity contribution in [1.29, 1.82) is 0 Å². The van der Waals surface area contributed by atoms with Crippen molar-refractivity contribution >= 4 is 11.7 Å². The van der Waals surface area contributed by atoms with Crippen LogP contribution in [0.3, 0.4) is 0 Å². The second kappa shape index (κ2) is 6.79. The van der Waals surface area contributed by atoms with Gasteiger partial charge in [-0.15, -0.1) is 0 Å². The summed E-state index contributed by atoms with van der Waals surface area (Å²) in [7, 11) is 1.87. The lowest BCUT2D eigenvalue weighted by Crippen LogP contribution is -2.33. The van der Waals surface area contributed by atoms with Crippen molar-refractivity contribution in [1.82, 2.24) is 9.78 Å². The summed E-state index contributed by atoms with van der Waals surface area (Å²) in [5.41, 5.74) is 2.29. The standard InChI is InChI=1S/C16H25N3O3/c1-11(22-10-12-6-3-4-9-21-12)16(20)17-15-13-7-5-8-14(13)18-19(15)2/h11-12H,3-10H2,1-2H3,(H,17,20)/t11-,12-/m1/s1. The third kappa shape index (κ3) is 3.33. The number of fused-ring (bicyclic) bond motifs is 1. The second-order valence-corrected chi connectivity index (χ2v) is 6.20. The van der Waals surface area contributed by atoms with E-state index in [-0.39, 0.29) is 12.0 Å². The minimum Gasteiger partial charge on any atom is -0.376 e. The quantitative estimate of drug-likeness (QED) is 0.901. The Morgan fingerprint density at radius 3 is 3.09 bits per heavy atom. The highest BCUT2D eigenvalue weighted by atomic mass is 16.5. The number of carbonyl (C=O) groups is 1. The van der Waals surface area contributed by atoms with Crippen molar-refractivity contribution in [3.05, 3.63) is 11.3 Å². The third-order valence-electron chi connectivity index (χ3n) is 4.49. The molecule has 1 aromatic heterocycles. The van der Waals surface area contributed by atoms with E-state index in [4.69, 9.17) is 9.47 Å². The van der Waals surface area contributed by atoms with Crippen LogP contribution >= 0.6 is 0 Å². The zero-order valence-corrected chi connectivity index (χ0v) is 13.4. The number of carbonyl (C=O) groups excluding carboxylic acids is 1. The maximum Gasteiger partial charge on any atom is 0.254 e. The van der Waals surface area contributed by atoms with E-state index in [0.29, 0.717) is 6.61 Å². The molecule has 1 saturated heterocycles. The molecule has 0 bridgehead atoms. The van der Waals surface area contributed by atoms with E-state index in [1.54, 1.807) is 11.6 Å². The zero-order chi connectivity index (χ0) is 15.5. The van der Waals surface area contributed by atoms with Crippen molar-refractivity contribution in [2.75, 3.05) is 18.5 Å². The van der Waals surface area contributed by atoms with Crippen molar-refractivity contribution in [2.45, 2.75) is 57.7 Å². The van der Waals surface area contributed by atoms with Crippen LogP contribution in [0.1, 0.15) is 43.9 Å². The Hall–Kier alpha value is -1.40. The average molecular weight is 307 g/mol. The summed E-state index contributed by atoms with van der Waals surface area (Å²) < 4.78 is 13.1. The van der Waals surface area contributed by atoms with Gasteiger partial charge in [0.05, 0.1) is 18.4 Å². The van der Waals surface area contributed by atoms with Crippen LogP contribution in [-0.2, 0) is 34.2 Å². The molecule has 6 heteroatoms. The molecule has 2 atom stereocenters. The van der Waals surface area contributed by atoms with Gasteiger partial charge in [0.1, 0.15) is 11.9 Å². The number of hydrogen-bond acceptors (Lipinski definition) is 4. The number of aryl methyl sites for hydroxylation is 2. The molecule has 0 radical (unpaired) electrons. The molecule has 3 rings (SSSR count). The fraction of sp³-hybridized carbons (Fsp3) is 0.750. The van der Waals surface area contributed by atoms with Crippen LogP contribution in [0, 0.1) is 0 Å². The van der Waals surface area contributed by atoms with Crippen LogP contribution in [-0.4, -0.2) is 41.1 Å². The minimum absolute atomic E-state index is 0.117. The van der Waals surface area contributed by atoms with Crippen LogP contribution in [0.25, 0.3) is 0 Å². The molecule has 122 valence electrons. The highest BCUT2D eigenvalue weighted by molar-refractivity contribution is 5.94. The van der Waals surface area contributed by atoms with Crippen LogP contribution in [0.2, 0.25) is 0 Å². The molecule has 1 aromatic rings. The highest BCUT2D eigenvalue weighted by Gasteiger charge is 2.24. The number of nitrogens with one attached hydrogen (secondary N) is 1. The fourth-order valence-corrected chi connectivity index (χ4v) is 3.16. The average Bonchev–Trinajstić information content (AvgIpc) is 3.08. The summed E-state index contributed by atoms with van der Waals surface area (Å²) in [5, 5.41) is 7.44. The van der Waals surface area contributed by atoms with Gasteiger partial charge in [0, 0.05) is 19.2 Å². The molecular formula is C16H25N3O3. The van der Waals surface area contributed by atoms with Gasteiger partial charge in [-0.3, -0.25) is 9.48 Å². The summed E-state index contributed by atoms with van der Waals surface area (Å²) >= 11 is 0. The van der Waals surface area contributed by atoms with E-state index in [0.717, 1.165) is 50.2 Å². The molecule has 2 aliphatic rings. The van der Waals surface area contributed by atoms with E-state index < -0.39 is 6.10 Å². The first kappa shape index (κ1) is 15.5. The van der Waals surface area contributed by atoms with Crippen molar-refractivity contribution in [3.8, 4) is 0 Å². The number of amides is 1. The zero-order valence-electron chi connectivity index (χ0n) is 13.4. The van der Waals surface area contributed by atoms with E-state index in [9.17, 15) is 4.79 Å². The van der Waals surface area contributed by atoms with Gasteiger partial charge in [0.15, 0.2) is 0 Å². The third-order valence-corrected chi connectivity index (χ3v) is 4.49. The number of anilines is 1. The number of hydrogen-bond donors (Lipinski definition) is 1. The first-order valence-corrected chi connectivity index (χ1v) is 8.24. The molecular weight excluding hydrogens is 282 g/mol. The number of rotatable bonds is 5. The summed E-state index contributed by atoms with van der Waals surface area (Å²) in [5.74, 6) is 0.704. The van der Waals surface area contributed by atoms with Gasteiger partial charge < -0.3 is 14.8 Å². The first-order chi connectivity index (χ1) is 10.6. The maximum atomic E-state index is 12.3. The summed E-state index contributed by atoms with van der Waals surface area (Å²) in [6.45, 7) is 3.07.